The van der Waals surface area contributed by atoms with Crippen molar-refractivity contribution < 1.29 is 4.79 Å². The average molecular weight is 317 g/mol. The Morgan fingerprint density at radius 1 is 1.53 bits per heavy atom. The van der Waals surface area contributed by atoms with Crippen LogP contribution in [0.25, 0.3) is 0 Å². The van der Waals surface area contributed by atoms with Gasteiger partial charge in [0.25, 0.3) is 5.91 Å². The molecule has 5 heteroatoms. The largest absolute Gasteiger partial charge is 0.339 e. The van der Waals surface area contributed by atoms with Crippen LogP contribution < -0.4 is 5.73 Å². The van der Waals surface area contributed by atoms with E-state index in [4.69, 9.17) is 5.73 Å². The first-order valence-electron chi connectivity index (χ1n) is 5.94. The van der Waals surface area contributed by atoms with Crippen molar-refractivity contribution in [1.29, 1.82) is 0 Å². The van der Waals surface area contributed by atoms with Gasteiger partial charge in [-0.3, -0.25) is 4.79 Å². The highest BCUT2D eigenvalue weighted by Gasteiger charge is 2.23. The predicted molar refractivity (Wildman–Crippen MR) is 74.3 cm³/mol. The molecule has 1 aromatic heterocycles. The number of hydrogen-bond donors (Lipinski definition) is 1. The number of amides is 1. The third kappa shape index (κ3) is 3.30. The molecule has 3 nitrogen and oxygen atoms in total. The second-order valence-corrected chi connectivity index (χ2v) is 6.74. The second kappa shape index (κ2) is 5.98. The molecule has 0 saturated carbocycles. The first kappa shape index (κ1) is 13.1. The smallest absolute Gasteiger partial charge is 0.254 e. The molecule has 0 radical (unpaired) electrons. The van der Waals surface area contributed by atoms with E-state index in [1.165, 1.54) is 0 Å². The van der Waals surface area contributed by atoms with Crippen molar-refractivity contribution in [1.82, 2.24) is 4.90 Å². The quantitative estimate of drug-likeness (QED) is 0.932. The van der Waals surface area contributed by atoms with Gasteiger partial charge in [-0.2, -0.15) is 0 Å². The fourth-order valence-electron chi connectivity index (χ4n) is 2.27. The van der Waals surface area contributed by atoms with Crippen molar-refractivity contribution in [2.75, 3.05) is 19.6 Å². The molecular formula is C12H17BrN2OS. The Hall–Kier alpha value is -0.390. The highest BCUT2D eigenvalue weighted by Crippen LogP contribution is 2.25. The maximum absolute atomic E-state index is 12.2. The van der Waals surface area contributed by atoms with Crippen LogP contribution in [0, 0.1) is 5.92 Å². The molecule has 2 heterocycles. The lowest BCUT2D eigenvalue weighted by Gasteiger charge is -2.31. The molecule has 0 unspecified atom stereocenters. The Kier molecular flexibility index (Phi) is 4.59. The molecule has 1 aromatic rings. The molecule has 0 aromatic carbocycles. The minimum absolute atomic E-state index is 0.165. The Morgan fingerprint density at radius 2 is 2.24 bits per heavy atom. The molecule has 0 aliphatic carbocycles. The van der Waals surface area contributed by atoms with Gasteiger partial charge >= 0.3 is 0 Å². The maximum Gasteiger partial charge on any atom is 0.254 e. The number of hydrogen-bond acceptors (Lipinski definition) is 3. The van der Waals surface area contributed by atoms with Gasteiger partial charge in [-0.1, -0.05) is 0 Å². The molecule has 17 heavy (non-hydrogen) atoms. The van der Waals surface area contributed by atoms with E-state index in [9.17, 15) is 4.79 Å². The number of thiophene rings is 1. The van der Waals surface area contributed by atoms with E-state index >= 15 is 0 Å². The maximum atomic E-state index is 12.2. The van der Waals surface area contributed by atoms with Crippen LogP contribution in [-0.4, -0.2) is 30.4 Å². The molecule has 1 fully saturated rings. The normalized spacial score (nSPS) is 17.4. The van der Waals surface area contributed by atoms with Gasteiger partial charge < -0.3 is 10.6 Å². The fourth-order valence-corrected chi connectivity index (χ4v) is 3.40. The molecule has 2 rings (SSSR count). The highest BCUT2D eigenvalue weighted by molar-refractivity contribution is 9.11. The standard InChI is InChI=1S/C12H17BrN2OS/c13-11-7-10(8-17-11)12(16)15-5-2-9(1-4-14)3-6-15/h7-9H,1-6,14H2. The molecule has 1 amide bonds. The van der Waals surface area contributed by atoms with Crippen LogP contribution in [0.15, 0.2) is 15.2 Å². The van der Waals surface area contributed by atoms with Crippen LogP contribution in [0.4, 0.5) is 0 Å². The van der Waals surface area contributed by atoms with Gasteiger partial charge in [-0.15, -0.1) is 11.3 Å². The van der Waals surface area contributed by atoms with Crippen LogP contribution in [0.2, 0.25) is 0 Å². The van der Waals surface area contributed by atoms with Crippen molar-refractivity contribution in [3.05, 3.63) is 20.8 Å². The van der Waals surface area contributed by atoms with Crippen molar-refractivity contribution >= 4 is 33.2 Å². The number of halogens is 1. The van der Waals surface area contributed by atoms with Gasteiger partial charge in [0.2, 0.25) is 0 Å². The molecule has 2 N–H and O–H groups in total. The van der Waals surface area contributed by atoms with E-state index in [0.29, 0.717) is 5.92 Å². The zero-order valence-corrected chi connectivity index (χ0v) is 12.1. The lowest BCUT2D eigenvalue weighted by molar-refractivity contribution is 0.0688. The Morgan fingerprint density at radius 3 is 2.76 bits per heavy atom. The fraction of sp³-hybridized carbons (Fsp3) is 0.583. The van der Waals surface area contributed by atoms with Crippen molar-refractivity contribution in [3.63, 3.8) is 0 Å². The minimum Gasteiger partial charge on any atom is -0.339 e. The first-order valence-corrected chi connectivity index (χ1v) is 7.61. The summed E-state index contributed by atoms with van der Waals surface area (Å²) in [6.45, 7) is 2.50. The zero-order valence-electron chi connectivity index (χ0n) is 9.69. The minimum atomic E-state index is 0.165. The van der Waals surface area contributed by atoms with Gasteiger partial charge in [0.1, 0.15) is 0 Å². The van der Waals surface area contributed by atoms with Gasteiger partial charge in [0.15, 0.2) is 0 Å². The molecule has 0 atom stereocenters. The summed E-state index contributed by atoms with van der Waals surface area (Å²) < 4.78 is 1.01. The summed E-state index contributed by atoms with van der Waals surface area (Å²) >= 11 is 4.95. The van der Waals surface area contributed by atoms with E-state index < -0.39 is 0 Å². The Bertz CT molecular complexity index is 386. The lowest BCUT2D eigenvalue weighted by atomic mass is 9.93. The van der Waals surface area contributed by atoms with Crippen molar-refractivity contribution in [3.8, 4) is 0 Å². The van der Waals surface area contributed by atoms with Crippen LogP contribution in [0.5, 0.6) is 0 Å². The lowest BCUT2D eigenvalue weighted by Crippen LogP contribution is -2.38. The van der Waals surface area contributed by atoms with E-state index in [0.717, 1.165) is 48.2 Å². The molecule has 1 saturated heterocycles. The monoisotopic (exact) mass is 316 g/mol. The van der Waals surface area contributed by atoms with Crippen LogP contribution in [-0.2, 0) is 0 Å². The number of likely N-dealkylation sites (tertiary alicyclic amines) is 1. The summed E-state index contributed by atoms with van der Waals surface area (Å²) in [5.41, 5.74) is 6.37. The molecule has 0 spiro atoms. The molecule has 94 valence electrons. The summed E-state index contributed by atoms with van der Waals surface area (Å²) in [7, 11) is 0. The topological polar surface area (TPSA) is 46.3 Å². The highest BCUT2D eigenvalue weighted by atomic mass is 79.9. The predicted octanol–water partition coefficient (Wildman–Crippen LogP) is 2.71. The summed E-state index contributed by atoms with van der Waals surface area (Å²) in [6, 6.07) is 1.90. The molecule has 0 bridgehead atoms. The number of carbonyl (C=O) groups excluding carboxylic acids is 1. The SMILES string of the molecule is NCCC1CCN(C(=O)c2csc(Br)c2)CC1. The van der Waals surface area contributed by atoms with Gasteiger partial charge in [0.05, 0.1) is 9.35 Å². The Balaban J connectivity index is 1.90. The second-order valence-electron chi connectivity index (χ2n) is 4.45. The number of nitrogens with two attached hydrogens (primary N) is 1. The van der Waals surface area contributed by atoms with E-state index in [2.05, 4.69) is 15.9 Å². The molecule has 1 aliphatic heterocycles. The first-order chi connectivity index (χ1) is 8.20. The average Bonchev–Trinajstić information content (AvgIpc) is 2.76. The summed E-state index contributed by atoms with van der Waals surface area (Å²) in [6.07, 6.45) is 3.27. The zero-order chi connectivity index (χ0) is 12.3. The van der Waals surface area contributed by atoms with Crippen molar-refractivity contribution in [2.45, 2.75) is 19.3 Å². The van der Waals surface area contributed by atoms with Crippen LogP contribution in [0.1, 0.15) is 29.6 Å². The number of carbonyl (C=O) groups is 1. The van der Waals surface area contributed by atoms with Gasteiger partial charge in [0, 0.05) is 18.5 Å². The number of piperidine rings is 1. The number of nitrogens with zero attached hydrogens (tertiary/aromatic N) is 1. The molecular weight excluding hydrogens is 300 g/mol. The number of rotatable bonds is 3. The third-order valence-electron chi connectivity index (χ3n) is 3.29. The van der Waals surface area contributed by atoms with E-state index in [1.807, 2.05) is 16.3 Å². The summed E-state index contributed by atoms with van der Waals surface area (Å²) in [5, 5.41) is 1.92. The van der Waals surface area contributed by atoms with E-state index in [1.54, 1.807) is 11.3 Å². The van der Waals surface area contributed by atoms with Gasteiger partial charge in [-0.05, 0) is 53.7 Å². The third-order valence-corrected chi connectivity index (χ3v) is 4.80. The van der Waals surface area contributed by atoms with Crippen LogP contribution in [0.3, 0.4) is 0 Å². The Labute approximate surface area is 114 Å². The molecule has 1 aliphatic rings. The van der Waals surface area contributed by atoms with Crippen molar-refractivity contribution in [2.24, 2.45) is 11.7 Å². The van der Waals surface area contributed by atoms with Gasteiger partial charge in [-0.25, -0.2) is 0 Å². The summed E-state index contributed by atoms with van der Waals surface area (Å²) in [4.78, 5) is 14.1. The van der Waals surface area contributed by atoms with Crippen LogP contribution >= 0.6 is 27.3 Å². The van der Waals surface area contributed by atoms with E-state index in [-0.39, 0.29) is 5.91 Å². The summed E-state index contributed by atoms with van der Waals surface area (Å²) in [5.74, 6) is 0.872.